The Morgan fingerprint density at radius 2 is 1.55 bits per heavy atom. The summed E-state index contributed by atoms with van der Waals surface area (Å²) in [7, 11) is 0. The zero-order chi connectivity index (χ0) is 13.6. The summed E-state index contributed by atoms with van der Waals surface area (Å²) in [6, 6.07) is 0. The second-order valence-corrected chi connectivity index (χ2v) is 7.47. The van der Waals surface area contributed by atoms with Crippen molar-refractivity contribution in [3.8, 4) is 0 Å². The maximum absolute atomic E-state index is 6.04. The van der Waals surface area contributed by atoms with Gasteiger partial charge < -0.3 is 4.74 Å². The van der Waals surface area contributed by atoms with Crippen molar-refractivity contribution in [2.24, 2.45) is 11.8 Å². The molecule has 2 aliphatic carbocycles. The molecule has 2 nitrogen and oxygen atoms in total. The fraction of sp³-hybridized carbons (Fsp3) is 1.00. The van der Waals surface area contributed by atoms with Crippen molar-refractivity contribution in [1.29, 1.82) is 0 Å². The van der Waals surface area contributed by atoms with Crippen LogP contribution in [-0.4, -0.2) is 37.2 Å². The molecule has 2 saturated carbocycles. The van der Waals surface area contributed by atoms with Gasteiger partial charge in [0.2, 0.25) is 0 Å². The molecule has 1 atom stereocenters. The van der Waals surface area contributed by atoms with Crippen LogP contribution in [0.5, 0.6) is 0 Å². The monoisotopic (exact) mass is 279 g/mol. The lowest BCUT2D eigenvalue weighted by Crippen LogP contribution is -2.43. The Morgan fingerprint density at radius 3 is 2.35 bits per heavy atom. The minimum absolute atomic E-state index is 0.537. The zero-order valence-electron chi connectivity index (χ0n) is 13.2. The van der Waals surface area contributed by atoms with E-state index in [0.29, 0.717) is 6.10 Å². The van der Waals surface area contributed by atoms with Gasteiger partial charge in [0, 0.05) is 13.1 Å². The maximum Gasteiger partial charge on any atom is 0.0705 e. The van der Waals surface area contributed by atoms with Crippen LogP contribution in [0.15, 0.2) is 0 Å². The summed E-state index contributed by atoms with van der Waals surface area (Å²) in [6.45, 7) is 4.69. The van der Waals surface area contributed by atoms with Crippen LogP contribution in [0.25, 0.3) is 0 Å². The lowest BCUT2D eigenvalue weighted by molar-refractivity contribution is -0.0424. The first kappa shape index (κ1) is 14.8. The average Bonchev–Trinajstić information content (AvgIpc) is 3.00. The maximum atomic E-state index is 6.04. The number of rotatable bonds is 5. The van der Waals surface area contributed by atoms with Gasteiger partial charge in [0.05, 0.1) is 12.7 Å². The molecule has 1 heterocycles. The van der Waals surface area contributed by atoms with Gasteiger partial charge in [-0.25, -0.2) is 0 Å². The topological polar surface area (TPSA) is 12.5 Å². The minimum atomic E-state index is 0.537. The zero-order valence-corrected chi connectivity index (χ0v) is 13.2. The van der Waals surface area contributed by atoms with Gasteiger partial charge in [0.25, 0.3) is 0 Å². The van der Waals surface area contributed by atoms with Crippen molar-refractivity contribution in [3.63, 3.8) is 0 Å². The Labute approximate surface area is 125 Å². The van der Waals surface area contributed by atoms with Crippen molar-refractivity contribution in [1.82, 2.24) is 4.90 Å². The highest BCUT2D eigenvalue weighted by Gasteiger charge is 2.25. The molecule has 0 amide bonds. The normalized spacial score (nSPS) is 30.9. The van der Waals surface area contributed by atoms with Gasteiger partial charge in [-0.15, -0.1) is 0 Å². The van der Waals surface area contributed by atoms with E-state index in [0.717, 1.165) is 18.4 Å². The first-order chi connectivity index (χ1) is 9.90. The summed E-state index contributed by atoms with van der Waals surface area (Å²) >= 11 is 0. The largest absolute Gasteiger partial charge is 0.376 e. The van der Waals surface area contributed by atoms with Crippen molar-refractivity contribution in [2.45, 2.75) is 76.7 Å². The molecule has 0 bridgehead atoms. The van der Waals surface area contributed by atoms with E-state index >= 15 is 0 Å². The van der Waals surface area contributed by atoms with E-state index in [4.69, 9.17) is 4.74 Å². The van der Waals surface area contributed by atoms with Crippen LogP contribution in [0.2, 0.25) is 0 Å². The molecule has 1 saturated heterocycles. The summed E-state index contributed by atoms with van der Waals surface area (Å²) in [5.74, 6) is 2.00. The van der Waals surface area contributed by atoms with E-state index in [1.54, 1.807) is 0 Å². The summed E-state index contributed by atoms with van der Waals surface area (Å²) in [6.07, 6.45) is 16.6. The van der Waals surface area contributed by atoms with E-state index in [1.165, 1.54) is 90.3 Å². The van der Waals surface area contributed by atoms with Crippen molar-refractivity contribution < 1.29 is 4.74 Å². The Morgan fingerprint density at radius 1 is 0.850 bits per heavy atom. The first-order valence-electron chi connectivity index (χ1n) is 9.24. The molecule has 0 N–H and O–H groups in total. The van der Waals surface area contributed by atoms with E-state index in [9.17, 15) is 0 Å². The lowest BCUT2D eigenvalue weighted by atomic mass is 9.85. The van der Waals surface area contributed by atoms with Crippen molar-refractivity contribution in [2.75, 3.05) is 26.2 Å². The molecule has 1 aliphatic heterocycles. The fourth-order valence-corrected chi connectivity index (χ4v) is 4.58. The molecule has 0 aromatic heterocycles. The SMILES string of the molecule is C1CCC(C[C@@H]2CN(CCC3CCCC3)CCO2)CC1. The molecule has 0 spiro atoms. The predicted molar refractivity (Wildman–Crippen MR) is 83.9 cm³/mol. The van der Waals surface area contributed by atoms with Crippen LogP contribution in [0.4, 0.5) is 0 Å². The highest BCUT2D eigenvalue weighted by Crippen LogP contribution is 2.30. The van der Waals surface area contributed by atoms with Crippen LogP contribution in [-0.2, 0) is 4.74 Å². The number of ether oxygens (including phenoxy) is 1. The number of hydrogen-bond acceptors (Lipinski definition) is 2. The molecular weight excluding hydrogens is 246 g/mol. The Kier molecular flexibility index (Phi) is 5.78. The molecule has 0 aromatic rings. The molecule has 2 heteroatoms. The van der Waals surface area contributed by atoms with Crippen LogP contribution in [0.1, 0.15) is 70.6 Å². The number of hydrogen-bond donors (Lipinski definition) is 0. The second kappa shape index (κ2) is 7.79. The molecule has 3 fully saturated rings. The highest BCUT2D eigenvalue weighted by atomic mass is 16.5. The Hall–Kier alpha value is -0.0800. The standard InChI is InChI=1S/C18H33NO/c1-2-8-17(9-3-1)14-18-15-19(12-13-20-18)11-10-16-6-4-5-7-16/h16-18H,1-15H2/t18-/m1/s1. The lowest BCUT2D eigenvalue weighted by Gasteiger charge is -2.35. The van der Waals surface area contributed by atoms with Crippen molar-refractivity contribution in [3.05, 3.63) is 0 Å². The molecule has 3 aliphatic rings. The van der Waals surface area contributed by atoms with Gasteiger partial charge in [0.15, 0.2) is 0 Å². The predicted octanol–water partition coefficient (Wildman–Crippen LogP) is 4.24. The summed E-state index contributed by atoms with van der Waals surface area (Å²) in [5.41, 5.74) is 0. The molecule has 0 unspecified atom stereocenters. The Bertz CT molecular complexity index is 269. The van der Waals surface area contributed by atoms with Gasteiger partial charge in [-0.1, -0.05) is 57.8 Å². The summed E-state index contributed by atoms with van der Waals surface area (Å²) in [4.78, 5) is 2.69. The van der Waals surface area contributed by atoms with E-state index in [1.807, 2.05) is 0 Å². The fourth-order valence-electron chi connectivity index (χ4n) is 4.58. The van der Waals surface area contributed by atoms with Crippen molar-refractivity contribution >= 4 is 0 Å². The van der Waals surface area contributed by atoms with Gasteiger partial charge in [0.1, 0.15) is 0 Å². The molecule has 3 rings (SSSR count). The molecule has 20 heavy (non-hydrogen) atoms. The average molecular weight is 279 g/mol. The highest BCUT2D eigenvalue weighted by molar-refractivity contribution is 4.78. The van der Waals surface area contributed by atoms with Crippen LogP contribution >= 0.6 is 0 Å². The quantitative estimate of drug-likeness (QED) is 0.746. The molecule has 0 radical (unpaired) electrons. The molecule has 116 valence electrons. The van der Waals surface area contributed by atoms with E-state index in [2.05, 4.69) is 4.90 Å². The Balaban J connectivity index is 1.36. The van der Waals surface area contributed by atoms with E-state index in [-0.39, 0.29) is 0 Å². The summed E-state index contributed by atoms with van der Waals surface area (Å²) in [5, 5.41) is 0. The van der Waals surface area contributed by atoms with Gasteiger partial charge >= 0.3 is 0 Å². The van der Waals surface area contributed by atoms with Gasteiger partial charge in [-0.2, -0.15) is 0 Å². The molecular formula is C18H33NO. The second-order valence-electron chi connectivity index (χ2n) is 7.47. The number of nitrogens with zero attached hydrogens (tertiary/aromatic N) is 1. The third-order valence-corrected chi connectivity index (χ3v) is 5.87. The minimum Gasteiger partial charge on any atom is -0.376 e. The number of morpholine rings is 1. The first-order valence-corrected chi connectivity index (χ1v) is 9.24. The van der Waals surface area contributed by atoms with E-state index < -0.39 is 0 Å². The van der Waals surface area contributed by atoms with Gasteiger partial charge in [-0.05, 0) is 31.2 Å². The summed E-state index contributed by atoms with van der Waals surface area (Å²) < 4.78 is 6.04. The molecule has 0 aromatic carbocycles. The smallest absolute Gasteiger partial charge is 0.0705 e. The van der Waals surface area contributed by atoms with Crippen LogP contribution in [0.3, 0.4) is 0 Å². The van der Waals surface area contributed by atoms with Crippen LogP contribution in [0, 0.1) is 11.8 Å². The van der Waals surface area contributed by atoms with Gasteiger partial charge in [-0.3, -0.25) is 4.90 Å². The van der Waals surface area contributed by atoms with Crippen LogP contribution < -0.4 is 0 Å². The third kappa shape index (κ3) is 4.46. The third-order valence-electron chi connectivity index (χ3n) is 5.87.